The average molecular weight is 266 g/mol. The first kappa shape index (κ1) is 15.6. The lowest BCUT2D eigenvalue weighted by Gasteiger charge is -2.14. The van der Waals surface area contributed by atoms with E-state index in [1.165, 1.54) is 0 Å². The molecule has 0 aliphatic rings. The quantitative estimate of drug-likeness (QED) is 0.716. The van der Waals surface area contributed by atoms with Crippen LogP contribution in [0.4, 0.5) is 0 Å². The molecule has 19 heavy (non-hydrogen) atoms. The second-order valence-corrected chi connectivity index (χ2v) is 4.49. The lowest BCUT2D eigenvalue weighted by Crippen LogP contribution is -2.37. The molecule has 1 rings (SSSR count). The lowest BCUT2D eigenvalue weighted by molar-refractivity contribution is -0.126. The number of hydrogen-bond donors (Lipinski definition) is 1. The number of hydrogen-bond acceptors (Lipinski definition) is 4. The van der Waals surface area contributed by atoms with Crippen molar-refractivity contribution in [2.75, 3.05) is 26.9 Å². The second-order valence-electron chi connectivity index (χ2n) is 4.49. The topological polar surface area (TPSA) is 60.5 Å². The summed E-state index contributed by atoms with van der Waals surface area (Å²) < 4.78 is 9.99. The summed E-state index contributed by atoms with van der Waals surface area (Å²) in [6.45, 7) is 4.97. The van der Waals surface area contributed by atoms with Gasteiger partial charge in [0.05, 0.1) is 13.2 Å². The first-order valence-corrected chi connectivity index (χ1v) is 6.40. The number of carbonyl (C=O) groups is 1. The minimum absolute atomic E-state index is 0.0344. The van der Waals surface area contributed by atoms with Gasteiger partial charge in [0, 0.05) is 31.5 Å². The molecule has 1 amide bonds. The number of carbonyl (C=O) groups excluding carboxylic acids is 1. The summed E-state index contributed by atoms with van der Waals surface area (Å²) in [5, 5.41) is 2.89. The van der Waals surface area contributed by atoms with Gasteiger partial charge in [-0.2, -0.15) is 0 Å². The second kappa shape index (κ2) is 8.61. The highest BCUT2D eigenvalue weighted by Gasteiger charge is 2.10. The number of rotatable bonds is 8. The molecule has 0 fully saturated rings. The van der Waals surface area contributed by atoms with Gasteiger partial charge in [-0.15, -0.1) is 0 Å². The van der Waals surface area contributed by atoms with Crippen molar-refractivity contribution in [2.24, 2.45) is 0 Å². The molecule has 5 nitrogen and oxygen atoms in total. The fraction of sp³-hybridized carbons (Fsp3) is 0.571. The Kier molecular flexibility index (Phi) is 7.07. The van der Waals surface area contributed by atoms with Crippen molar-refractivity contribution >= 4 is 5.91 Å². The third-order valence-electron chi connectivity index (χ3n) is 2.69. The van der Waals surface area contributed by atoms with Gasteiger partial charge in [0.25, 0.3) is 0 Å². The molecule has 0 radical (unpaired) electrons. The van der Waals surface area contributed by atoms with Gasteiger partial charge in [0.1, 0.15) is 6.61 Å². The van der Waals surface area contributed by atoms with E-state index in [0.29, 0.717) is 13.2 Å². The molecular formula is C14H22N2O3. The van der Waals surface area contributed by atoms with Crippen molar-refractivity contribution < 1.29 is 14.3 Å². The smallest absolute Gasteiger partial charge is 0.246 e. The van der Waals surface area contributed by atoms with Crippen LogP contribution in [0.2, 0.25) is 0 Å². The predicted molar refractivity (Wildman–Crippen MR) is 73.0 cm³/mol. The van der Waals surface area contributed by atoms with Crippen LogP contribution in [0, 0.1) is 6.92 Å². The molecule has 0 aromatic carbocycles. The van der Waals surface area contributed by atoms with Crippen LogP contribution < -0.4 is 5.32 Å². The number of nitrogens with one attached hydrogen (secondary N) is 1. The van der Waals surface area contributed by atoms with E-state index in [1.807, 2.05) is 26.0 Å². The zero-order valence-electron chi connectivity index (χ0n) is 11.8. The summed E-state index contributed by atoms with van der Waals surface area (Å²) >= 11 is 0. The van der Waals surface area contributed by atoms with Crippen LogP contribution >= 0.6 is 0 Å². The van der Waals surface area contributed by atoms with E-state index in [9.17, 15) is 4.79 Å². The van der Waals surface area contributed by atoms with E-state index in [-0.39, 0.29) is 18.6 Å². The molecule has 1 aromatic heterocycles. The Hall–Kier alpha value is -1.46. The molecule has 0 bridgehead atoms. The highest BCUT2D eigenvalue weighted by atomic mass is 16.5. The molecule has 0 saturated carbocycles. The Bertz CT molecular complexity index is 396. The fourth-order valence-corrected chi connectivity index (χ4v) is 1.70. The number of nitrogens with zero attached hydrogens (tertiary/aromatic N) is 1. The van der Waals surface area contributed by atoms with Gasteiger partial charge in [-0.1, -0.05) is 6.07 Å². The van der Waals surface area contributed by atoms with Crippen LogP contribution in [0.15, 0.2) is 18.3 Å². The van der Waals surface area contributed by atoms with Crippen LogP contribution in [0.1, 0.15) is 18.2 Å². The number of methoxy groups -OCH3 is 1. The summed E-state index contributed by atoms with van der Waals surface area (Å²) in [4.78, 5) is 15.9. The van der Waals surface area contributed by atoms with E-state index in [1.54, 1.807) is 13.3 Å². The van der Waals surface area contributed by atoms with Crippen LogP contribution in [0.3, 0.4) is 0 Å². The Morgan fingerprint density at radius 3 is 2.95 bits per heavy atom. The monoisotopic (exact) mass is 266 g/mol. The van der Waals surface area contributed by atoms with Crippen molar-refractivity contribution in [3.63, 3.8) is 0 Å². The fourth-order valence-electron chi connectivity index (χ4n) is 1.70. The molecule has 1 atom stereocenters. The van der Waals surface area contributed by atoms with Crippen molar-refractivity contribution in [3.05, 3.63) is 29.6 Å². The molecular weight excluding hydrogens is 244 g/mol. The van der Waals surface area contributed by atoms with Gasteiger partial charge in [-0.05, 0) is 25.5 Å². The predicted octanol–water partition coefficient (Wildman–Crippen LogP) is 1.10. The molecule has 1 aromatic rings. The third kappa shape index (κ3) is 6.31. The molecule has 0 aliphatic heterocycles. The van der Waals surface area contributed by atoms with Gasteiger partial charge >= 0.3 is 0 Å². The van der Waals surface area contributed by atoms with E-state index in [2.05, 4.69) is 10.3 Å². The molecule has 0 unspecified atom stereocenters. The lowest BCUT2D eigenvalue weighted by atomic mass is 10.1. The van der Waals surface area contributed by atoms with E-state index in [4.69, 9.17) is 9.47 Å². The normalized spacial score (nSPS) is 12.2. The Morgan fingerprint density at radius 2 is 2.26 bits per heavy atom. The van der Waals surface area contributed by atoms with Crippen LogP contribution in [-0.2, 0) is 20.7 Å². The first-order valence-electron chi connectivity index (χ1n) is 6.40. The van der Waals surface area contributed by atoms with Crippen LogP contribution in [-0.4, -0.2) is 43.9 Å². The molecule has 0 aliphatic carbocycles. The summed E-state index contributed by atoms with van der Waals surface area (Å²) in [7, 11) is 1.60. The summed E-state index contributed by atoms with van der Waals surface area (Å²) in [6.07, 6.45) is 2.49. The number of amides is 1. The van der Waals surface area contributed by atoms with Gasteiger partial charge in [0.2, 0.25) is 5.91 Å². The standard InChI is InChI=1S/C14H22N2O3/c1-11-5-4-6-15-13(11)9-12(2)16-14(17)10-19-8-7-18-3/h4-6,12H,7-10H2,1-3H3,(H,16,17)/t12-/m0/s1. The Balaban J connectivity index is 2.29. The van der Waals surface area contributed by atoms with Crippen molar-refractivity contribution in [3.8, 4) is 0 Å². The Labute approximate surface area is 114 Å². The molecule has 1 N–H and O–H groups in total. The van der Waals surface area contributed by atoms with Gasteiger partial charge < -0.3 is 14.8 Å². The summed E-state index contributed by atoms with van der Waals surface area (Å²) in [5.74, 6) is -0.114. The molecule has 0 spiro atoms. The maximum Gasteiger partial charge on any atom is 0.246 e. The highest BCUT2D eigenvalue weighted by molar-refractivity contribution is 5.77. The van der Waals surface area contributed by atoms with Gasteiger partial charge in [-0.25, -0.2) is 0 Å². The van der Waals surface area contributed by atoms with Crippen molar-refractivity contribution in [1.82, 2.24) is 10.3 Å². The molecule has 1 heterocycles. The number of ether oxygens (including phenoxy) is 2. The number of aryl methyl sites for hydroxylation is 1. The van der Waals surface area contributed by atoms with Crippen LogP contribution in [0.5, 0.6) is 0 Å². The van der Waals surface area contributed by atoms with Crippen molar-refractivity contribution in [1.29, 1.82) is 0 Å². The minimum Gasteiger partial charge on any atom is -0.382 e. The third-order valence-corrected chi connectivity index (χ3v) is 2.69. The molecule has 106 valence electrons. The first-order chi connectivity index (χ1) is 9.13. The van der Waals surface area contributed by atoms with Gasteiger partial charge in [-0.3, -0.25) is 9.78 Å². The molecule has 0 saturated heterocycles. The number of pyridine rings is 1. The summed E-state index contributed by atoms with van der Waals surface area (Å²) in [6, 6.07) is 3.96. The van der Waals surface area contributed by atoms with Crippen molar-refractivity contribution in [2.45, 2.75) is 26.3 Å². The maximum absolute atomic E-state index is 11.6. The zero-order valence-corrected chi connectivity index (χ0v) is 11.8. The largest absolute Gasteiger partial charge is 0.382 e. The number of aromatic nitrogens is 1. The maximum atomic E-state index is 11.6. The Morgan fingerprint density at radius 1 is 1.47 bits per heavy atom. The highest BCUT2D eigenvalue weighted by Crippen LogP contribution is 2.06. The van der Waals surface area contributed by atoms with Crippen LogP contribution in [0.25, 0.3) is 0 Å². The SMILES string of the molecule is COCCOCC(=O)N[C@@H](C)Cc1ncccc1C. The minimum atomic E-state index is -0.114. The van der Waals surface area contributed by atoms with Gasteiger partial charge in [0.15, 0.2) is 0 Å². The molecule has 5 heteroatoms. The van der Waals surface area contributed by atoms with E-state index >= 15 is 0 Å². The van der Waals surface area contributed by atoms with E-state index in [0.717, 1.165) is 17.7 Å². The van der Waals surface area contributed by atoms with E-state index < -0.39 is 0 Å². The average Bonchev–Trinajstić information content (AvgIpc) is 2.37. The zero-order chi connectivity index (χ0) is 14.1. The summed E-state index contributed by atoms with van der Waals surface area (Å²) in [5.41, 5.74) is 2.15.